The van der Waals surface area contributed by atoms with E-state index >= 15 is 0 Å². The van der Waals surface area contributed by atoms with Crippen molar-refractivity contribution in [2.24, 2.45) is 0 Å². The third kappa shape index (κ3) is 4.84. The number of carbonyl (C=O) groups excluding carboxylic acids is 2. The molecule has 2 aromatic rings. The maximum absolute atomic E-state index is 12.3. The molecular formula is C15H18N4O2S2. The van der Waals surface area contributed by atoms with E-state index in [0.717, 1.165) is 22.8 Å². The number of thioether (sulfide) groups is 2. The van der Waals surface area contributed by atoms with Gasteiger partial charge in [0, 0.05) is 23.8 Å². The van der Waals surface area contributed by atoms with Gasteiger partial charge in [-0.15, -0.1) is 16.9 Å². The zero-order valence-corrected chi connectivity index (χ0v) is 14.8. The summed E-state index contributed by atoms with van der Waals surface area (Å²) in [6.07, 6.45) is 2.69. The van der Waals surface area contributed by atoms with E-state index in [4.69, 9.17) is 0 Å². The monoisotopic (exact) mass is 350 g/mol. The van der Waals surface area contributed by atoms with E-state index in [2.05, 4.69) is 20.5 Å². The Balaban J connectivity index is 2.05. The molecule has 0 atom stereocenters. The Morgan fingerprint density at radius 1 is 1.35 bits per heavy atom. The van der Waals surface area contributed by atoms with E-state index in [0.29, 0.717) is 10.7 Å². The summed E-state index contributed by atoms with van der Waals surface area (Å²) < 4.78 is 0. The zero-order valence-electron chi connectivity index (χ0n) is 13.2. The average Bonchev–Trinajstić information content (AvgIpc) is 3.00. The fourth-order valence-electron chi connectivity index (χ4n) is 1.87. The van der Waals surface area contributed by atoms with Crippen LogP contribution in [0.25, 0.3) is 0 Å². The number of aromatic amines is 1. The summed E-state index contributed by atoms with van der Waals surface area (Å²) in [7, 11) is 0. The van der Waals surface area contributed by atoms with Gasteiger partial charge < -0.3 is 5.32 Å². The van der Waals surface area contributed by atoms with Crippen LogP contribution in [-0.2, 0) is 11.2 Å². The molecule has 6 nitrogen and oxygen atoms in total. The van der Waals surface area contributed by atoms with Gasteiger partial charge in [-0.3, -0.25) is 14.7 Å². The fourth-order valence-corrected chi connectivity index (χ4v) is 3.17. The highest BCUT2D eigenvalue weighted by Gasteiger charge is 2.12. The number of nitrogens with zero attached hydrogens (tertiary/aromatic N) is 2. The first-order valence-electron chi connectivity index (χ1n) is 7.06. The Bertz CT molecular complexity index is 715. The van der Waals surface area contributed by atoms with Crippen molar-refractivity contribution in [1.82, 2.24) is 15.2 Å². The van der Waals surface area contributed by atoms with Crippen LogP contribution in [0.3, 0.4) is 0 Å². The maximum Gasteiger partial charge on any atom is 0.221 e. The van der Waals surface area contributed by atoms with Gasteiger partial charge in [0.1, 0.15) is 5.82 Å². The van der Waals surface area contributed by atoms with E-state index in [-0.39, 0.29) is 17.4 Å². The van der Waals surface area contributed by atoms with Crippen LogP contribution in [-0.4, -0.2) is 38.9 Å². The van der Waals surface area contributed by atoms with Crippen molar-refractivity contribution in [1.29, 1.82) is 0 Å². The van der Waals surface area contributed by atoms with Gasteiger partial charge in [-0.2, -0.15) is 0 Å². The molecule has 122 valence electrons. The van der Waals surface area contributed by atoms with Gasteiger partial charge in [0.15, 0.2) is 5.78 Å². The van der Waals surface area contributed by atoms with Gasteiger partial charge in [-0.1, -0.05) is 18.7 Å². The summed E-state index contributed by atoms with van der Waals surface area (Å²) in [4.78, 5) is 28.6. The summed E-state index contributed by atoms with van der Waals surface area (Å²) >= 11 is 2.79. The molecule has 0 bridgehead atoms. The second kappa shape index (κ2) is 8.16. The molecule has 0 aliphatic heterocycles. The molecule has 0 spiro atoms. The van der Waals surface area contributed by atoms with Crippen molar-refractivity contribution < 1.29 is 9.59 Å². The predicted molar refractivity (Wildman–Crippen MR) is 93.3 cm³/mol. The normalized spacial score (nSPS) is 10.6. The molecule has 0 unspecified atom stereocenters. The molecule has 23 heavy (non-hydrogen) atoms. The van der Waals surface area contributed by atoms with Crippen molar-refractivity contribution in [2.75, 3.05) is 17.3 Å². The number of amides is 1. The summed E-state index contributed by atoms with van der Waals surface area (Å²) in [6.45, 7) is 3.45. The highest BCUT2D eigenvalue weighted by atomic mass is 32.2. The number of carbonyl (C=O) groups is 2. The molecule has 0 saturated carbocycles. The first-order valence-corrected chi connectivity index (χ1v) is 9.27. The second-order valence-electron chi connectivity index (χ2n) is 4.73. The van der Waals surface area contributed by atoms with E-state index in [9.17, 15) is 9.59 Å². The molecule has 2 N–H and O–H groups in total. The van der Waals surface area contributed by atoms with E-state index in [1.54, 1.807) is 18.2 Å². The molecule has 0 saturated heterocycles. The lowest BCUT2D eigenvalue weighted by molar-refractivity contribution is -0.114. The Kier molecular flexibility index (Phi) is 6.23. The van der Waals surface area contributed by atoms with Gasteiger partial charge in [0.2, 0.25) is 11.1 Å². The number of aromatic nitrogens is 3. The number of nitrogens with one attached hydrogen (secondary N) is 2. The van der Waals surface area contributed by atoms with E-state index in [1.165, 1.54) is 30.4 Å². The summed E-state index contributed by atoms with van der Waals surface area (Å²) in [6, 6.07) is 5.28. The van der Waals surface area contributed by atoms with Crippen LogP contribution >= 0.6 is 23.5 Å². The van der Waals surface area contributed by atoms with Gasteiger partial charge >= 0.3 is 0 Å². The number of H-pyrrole nitrogens is 1. The van der Waals surface area contributed by atoms with Crippen LogP contribution < -0.4 is 5.32 Å². The third-order valence-corrected chi connectivity index (χ3v) is 4.64. The molecule has 0 radical (unpaired) electrons. The van der Waals surface area contributed by atoms with Crippen molar-refractivity contribution >= 4 is 40.9 Å². The van der Waals surface area contributed by atoms with Crippen molar-refractivity contribution in [3.63, 3.8) is 0 Å². The zero-order chi connectivity index (χ0) is 16.8. The maximum atomic E-state index is 12.3. The largest absolute Gasteiger partial charge is 0.325 e. The third-order valence-electron chi connectivity index (χ3n) is 3.01. The van der Waals surface area contributed by atoms with Crippen molar-refractivity contribution in [3.05, 3.63) is 29.6 Å². The average molecular weight is 350 g/mol. The number of rotatable bonds is 7. The molecule has 2 rings (SSSR count). The molecule has 1 amide bonds. The second-order valence-corrected chi connectivity index (χ2v) is 6.52. The van der Waals surface area contributed by atoms with Crippen LogP contribution in [0.2, 0.25) is 0 Å². The number of aryl methyl sites for hydroxylation is 1. The lowest BCUT2D eigenvalue weighted by atomic mass is 10.1. The van der Waals surface area contributed by atoms with Gasteiger partial charge in [-0.25, -0.2) is 4.98 Å². The standard InChI is InChI=1S/C15H18N4O2S2/c1-4-14-17-15(19-18-14)23-8-12(21)10-5-6-11(16-9(2)20)13(7-10)22-3/h5-7H,4,8H2,1-3H3,(H,16,20)(H,17,18,19). The first-order chi connectivity index (χ1) is 11.0. The van der Waals surface area contributed by atoms with Crippen molar-refractivity contribution in [2.45, 2.75) is 30.3 Å². The highest BCUT2D eigenvalue weighted by molar-refractivity contribution is 7.99. The number of hydrogen-bond acceptors (Lipinski definition) is 6. The number of hydrogen-bond donors (Lipinski definition) is 2. The van der Waals surface area contributed by atoms with Crippen LogP contribution in [0.1, 0.15) is 30.0 Å². The van der Waals surface area contributed by atoms with Crippen LogP contribution in [0.5, 0.6) is 0 Å². The van der Waals surface area contributed by atoms with Crippen LogP contribution in [0.15, 0.2) is 28.3 Å². The Hall–Kier alpha value is -1.80. The fraction of sp³-hybridized carbons (Fsp3) is 0.333. The smallest absolute Gasteiger partial charge is 0.221 e. The number of Topliss-reactive ketones (excluding diaryl/α,β-unsaturated/α-hetero) is 1. The quantitative estimate of drug-likeness (QED) is 0.589. The van der Waals surface area contributed by atoms with E-state index in [1.807, 2.05) is 13.2 Å². The lowest BCUT2D eigenvalue weighted by Gasteiger charge is -2.09. The minimum atomic E-state index is -0.133. The van der Waals surface area contributed by atoms with Gasteiger partial charge in [0.05, 0.1) is 11.4 Å². The molecule has 1 heterocycles. The predicted octanol–water partition coefficient (Wildman–Crippen LogP) is 3.02. The molecule has 0 fully saturated rings. The summed E-state index contributed by atoms with van der Waals surface area (Å²) in [5, 5.41) is 10.2. The van der Waals surface area contributed by atoms with E-state index < -0.39 is 0 Å². The molecule has 1 aromatic heterocycles. The summed E-state index contributed by atoms with van der Waals surface area (Å²) in [5.41, 5.74) is 1.33. The Morgan fingerprint density at radius 2 is 2.13 bits per heavy atom. The molecular weight excluding hydrogens is 332 g/mol. The number of benzene rings is 1. The minimum Gasteiger partial charge on any atom is -0.325 e. The molecule has 0 aliphatic carbocycles. The van der Waals surface area contributed by atoms with Crippen LogP contribution in [0.4, 0.5) is 5.69 Å². The minimum absolute atomic E-state index is 0.00234. The molecule has 8 heteroatoms. The number of ketones is 1. The Morgan fingerprint density at radius 3 is 2.74 bits per heavy atom. The summed E-state index contributed by atoms with van der Waals surface area (Å²) in [5.74, 6) is 0.951. The van der Waals surface area contributed by atoms with Crippen LogP contribution in [0, 0.1) is 0 Å². The lowest BCUT2D eigenvalue weighted by Crippen LogP contribution is -2.08. The SMILES string of the molecule is CCc1nc(SCC(=O)c2ccc(NC(C)=O)c(SC)c2)n[nH]1. The topological polar surface area (TPSA) is 87.7 Å². The molecule has 1 aromatic carbocycles. The number of anilines is 1. The first kappa shape index (κ1) is 17.6. The van der Waals surface area contributed by atoms with Gasteiger partial charge in [0.25, 0.3) is 0 Å². The highest BCUT2D eigenvalue weighted by Crippen LogP contribution is 2.27. The Labute approximate surface area is 143 Å². The van der Waals surface area contributed by atoms with Crippen molar-refractivity contribution in [3.8, 4) is 0 Å². The van der Waals surface area contributed by atoms with Gasteiger partial charge in [-0.05, 0) is 24.5 Å². The molecule has 0 aliphatic rings.